The molecule has 1 aromatic rings. The minimum atomic E-state index is -0.112. The van der Waals surface area contributed by atoms with Crippen LogP contribution in [0.1, 0.15) is 18.4 Å². The summed E-state index contributed by atoms with van der Waals surface area (Å²) < 4.78 is 0. The van der Waals surface area contributed by atoms with Gasteiger partial charge < -0.3 is 10.0 Å². The number of carbonyl (C=O) groups excluding carboxylic acids is 1. The summed E-state index contributed by atoms with van der Waals surface area (Å²) in [5.41, 5.74) is 0.858. The molecule has 1 aliphatic rings. The van der Waals surface area contributed by atoms with Crippen LogP contribution in [-0.4, -0.2) is 35.6 Å². The fraction of sp³-hybridized carbons (Fsp3) is 0.400. The van der Waals surface area contributed by atoms with Gasteiger partial charge in [0.25, 0.3) is 5.91 Å². The van der Waals surface area contributed by atoms with Crippen LogP contribution in [0.5, 0.6) is 0 Å². The zero-order chi connectivity index (χ0) is 12.8. The Bertz CT molecular complexity index is 458. The lowest BCUT2D eigenvalue weighted by Crippen LogP contribution is -2.27. The maximum atomic E-state index is 11.9. The van der Waals surface area contributed by atoms with Crippen molar-refractivity contribution in [1.29, 1.82) is 0 Å². The molecule has 0 bridgehead atoms. The summed E-state index contributed by atoms with van der Waals surface area (Å²) in [6, 6.07) is 9.51. The van der Waals surface area contributed by atoms with Crippen molar-refractivity contribution in [3.63, 3.8) is 0 Å². The molecular weight excluding hydrogens is 226 g/mol. The summed E-state index contributed by atoms with van der Waals surface area (Å²) in [5, 5.41) is 8.87. The number of rotatable bonds is 2. The van der Waals surface area contributed by atoms with E-state index in [4.69, 9.17) is 5.11 Å². The summed E-state index contributed by atoms with van der Waals surface area (Å²) in [7, 11) is 0. The summed E-state index contributed by atoms with van der Waals surface area (Å²) in [5.74, 6) is 5.87. The number of aliphatic hydroxyl groups is 1. The number of nitrogens with zero attached hydrogens (tertiary/aromatic N) is 1. The van der Waals surface area contributed by atoms with Crippen LogP contribution in [0.25, 0.3) is 0 Å². The van der Waals surface area contributed by atoms with Crippen molar-refractivity contribution >= 4 is 5.91 Å². The molecule has 1 atom stereocenters. The van der Waals surface area contributed by atoms with Gasteiger partial charge in [-0.15, -0.1) is 0 Å². The maximum Gasteiger partial charge on any atom is 0.298 e. The van der Waals surface area contributed by atoms with Gasteiger partial charge in [-0.2, -0.15) is 0 Å². The van der Waals surface area contributed by atoms with Gasteiger partial charge >= 0.3 is 0 Å². The van der Waals surface area contributed by atoms with Gasteiger partial charge in [-0.1, -0.05) is 24.1 Å². The van der Waals surface area contributed by atoms with E-state index >= 15 is 0 Å². The first-order valence-electron chi connectivity index (χ1n) is 6.26. The Hall–Kier alpha value is -1.79. The van der Waals surface area contributed by atoms with Gasteiger partial charge in [0.05, 0.1) is 0 Å². The standard InChI is InChI=1S/C15H17NO2/c17-11-9-14-8-10-16(12-14)15(18)7-6-13-4-2-1-3-5-13/h1-5,14,17H,8-12H2. The second-order valence-corrected chi connectivity index (χ2v) is 4.53. The predicted molar refractivity (Wildman–Crippen MR) is 69.7 cm³/mol. The molecule has 3 heteroatoms. The molecule has 0 radical (unpaired) electrons. The van der Waals surface area contributed by atoms with E-state index < -0.39 is 0 Å². The third-order valence-electron chi connectivity index (χ3n) is 3.20. The average Bonchev–Trinajstić information content (AvgIpc) is 2.86. The lowest BCUT2D eigenvalue weighted by atomic mass is 10.1. The van der Waals surface area contributed by atoms with Crippen molar-refractivity contribution < 1.29 is 9.90 Å². The SMILES string of the molecule is O=C(C#Cc1ccccc1)N1CCC(CCO)C1. The molecule has 1 N–H and O–H groups in total. The van der Waals surface area contributed by atoms with Gasteiger partial charge in [0.1, 0.15) is 0 Å². The van der Waals surface area contributed by atoms with Crippen molar-refractivity contribution in [3.05, 3.63) is 35.9 Å². The van der Waals surface area contributed by atoms with E-state index in [9.17, 15) is 4.79 Å². The summed E-state index contributed by atoms with van der Waals surface area (Å²) in [6.45, 7) is 1.68. The molecular formula is C15H17NO2. The number of likely N-dealkylation sites (tertiary alicyclic amines) is 1. The second kappa shape index (κ2) is 6.23. The Balaban J connectivity index is 1.92. The molecule has 18 heavy (non-hydrogen) atoms. The lowest BCUT2D eigenvalue weighted by Gasteiger charge is -2.12. The van der Waals surface area contributed by atoms with Crippen LogP contribution in [0.3, 0.4) is 0 Å². The van der Waals surface area contributed by atoms with E-state index in [0.717, 1.165) is 31.5 Å². The monoisotopic (exact) mass is 243 g/mol. The van der Waals surface area contributed by atoms with E-state index in [0.29, 0.717) is 5.92 Å². The number of aliphatic hydroxyl groups excluding tert-OH is 1. The molecule has 0 aromatic heterocycles. The normalized spacial score (nSPS) is 18.3. The second-order valence-electron chi connectivity index (χ2n) is 4.53. The highest BCUT2D eigenvalue weighted by Crippen LogP contribution is 2.18. The summed E-state index contributed by atoms with van der Waals surface area (Å²) in [4.78, 5) is 13.6. The molecule has 1 amide bonds. The minimum Gasteiger partial charge on any atom is -0.396 e. The molecule has 2 rings (SSSR count). The first-order valence-corrected chi connectivity index (χ1v) is 6.26. The minimum absolute atomic E-state index is 0.112. The zero-order valence-electron chi connectivity index (χ0n) is 10.3. The van der Waals surface area contributed by atoms with Crippen LogP contribution < -0.4 is 0 Å². The third kappa shape index (κ3) is 3.35. The van der Waals surface area contributed by atoms with E-state index in [2.05, 4.69) is 11.8 Å². The third-order valence-corrected chi connectivity index (χ3v) is 3.20. The predicted octanol–water partition coefficient (Wildman–Crippen LogP) is 1.27. The van der Waals surface area contributed by atoms with Gasteiger partial charge in [-0.05, 0) is 30.9 Å². The molecule has 3 nitrogen and oxygen atoms in total. The van der Waals surface area contributed by atoms with Gasteiger partial charge in [0.15, 0.2) is 0 Å². The number of amides is 1. The Kier molecular flexibility index (Phi) is 4.38. The Morgan fingerprint density at radius 1 is 1.39 bits per heavy atom. The van der Waals surface area contributed by atoms with Crippen LogP contribution in [0.4, 0.5) is 0 Å². The first-order chi connectivity index (χ1) is 8.79. The van der Waals surface area contributed by atoms with Crippen LogP contribution in [-0.2, 0) is 4.79 Å². The van der Waals surface area contributed by atoms with Crippen molar-refractivity contribution in [2.75, 3.05) is 19.7 Å². The van der Waals surface area contributed by atoms with E-state index in [-0.39, 0.29) is 12.5 Å². The molecule has 1 aliphatic heterocycles. The molecule has 94 valence electrons. The van der Waals surface area contributed by atoms with Gasteiger partial charge in [-0.25, -0.2) is 0 Å². The van der Waals surface area contributed by atoms with E-state index in [1.54, 1.807) is 4.90 Å². The van der Waals surface area contributed by atoms with Crippen LogP contribution >= 0.6 is 0 Å². The Labute approximate surface area is 107 Å². The quantitative estimate of drug-likeness (QED) is 0.795. The molecule has 1 unspecified atom stereocenters. The van der Waals surface area contributed by atoms with Crippen LogP contribution in [0.15, 0.2) is 30.3 Å². The lowest BCUT2D eigenvalue weighted by molar-refractivity contribution is -0.124. The molecule has 1 fully saturated rings. The summed E-state index contributed by atoms with van der Waals surface area (Å²) >= 11 is 0. The highest BCUT2D eigenvalue weighted by Gasteiger charge is 2.24. The molecule has 0 spiro atoms. The largest absolute Gasteiger partial charge is 0.396 e. The maximum absolute atomic E-state index is 11.9. The van der Waals surface area contributed by atoms with Crippen molar-refractivity contribution in [2.45, 2.75) is 12.8 Å². The average molecular weight is 243 g/mol. The fourth-order valence-corrected chi connectivity index (χ4v) is 2.16. The van der Waals surface area contributed by atoms with E-state index in [1.807, 2.05) is 30.3 Å². The van der Waals surface area contributed by atoms with Gasteiger partial charge in [0, 0.05) is 31.2 Å². The van der Waals surface area contributed by atoms with E-state index in [1.165, 1.54) is 0 Å². The fourth-order valence-electron chi connectivity index (χ4n) is 2.16. The Morgan fingerprint density at radius 2 is 2.17 bits per heavy atom. The number of hydrogen-bond acceptors (Lipinski definition) is 2. The number of benzene rings is 1. The van der Waals surface area contributed by atoms with Crippen molar-refractivity contribution in [1.82, 2.24) is 4.90 Å². The van der Waals surface area contributed by atoms with Crippen LogP contribution in [0, 0.1) is 17.8 Å². The Morgan fingerprint density at radius 3 is 2.89 bits per heavy atom. The molecule has 1 heterocycles. The topological polar surface area (TPSA) is 40.5 Å². The summed E-state index contributed by atoms with van der Waals surface area (Å²) in [6.07, 6.45) is 1.75. The molecule has 0 aliphatic carbocycles. The first kappa shape index (κ1) is 12.7. The smallest absolute Gasteiger partial charge is 0.298 e. The molecule has 0 saturated carbocycles. The van der Waals surface area contributed by atoms with Crippen molar-refractivity contribution in [2.24, 2.45) is 5.92 Å². The van der Waals surface area contributed by atoms with Gasteiger partial charge in [0.2, 0.25) is 0 Å². The van der Waals surface area contributed by atoms with Gasteiger partial charge in [-0.3, -0.25) is 4.79 Å². The van der Waals surface area contributed by atoms with Crippen molar-refractivity contribution in [3.8, 4) is 11.8 Å². The number of carbonyl (C=O) groups is 1. The highest BCUT2D eigenvalue weighted by molar-refractivity contribution is 5.94. The highest BCUT2D eigenvalue weighted by atomic mass is 16.3. The molecule has 1 aromatic carbocycles. The number of hydrogen-bond donors (Lipinski definition) is 1. The molecule has 1 saturated heterocycles. The zero-order valence-corrected chi connectivity index (χ0v) is 10.3. The van der Waals surface area contributed by atoms with Crippen LogP contribution in [0.2, 0.25) is 0 Å².